The SMILES string of the molecule is FC1(F)C[C@@H](c2nnc(-c3cnccn3)o2)N(Cc2cccnc2)C1. The molecule has 3 aromatic heterocycles. The van der Waals surface area contributed by atoms with Crippen LogP contribution in [-0.4, -0.2) is 42.5 Å². The minimum Gasteiger partial charge on any atom is -0.417 e. The summed E-state index contributed by atoms with van der Waals surface area (Å²) in [5.41, 5.74) is 1.25. The molecule has 4 rings (SSSR count). The predicted octanol–water partition coefficient (Wildman–Crippen LogP) is 2.50. The summed E-state index contributed by atoms with van der Waals surface area (Å²) in [5, 5.41) is 7.87. The van der Waals surface area contributed by atoms with E-state index in [1.165, 1.54) is 18.6 Å². The van der Waals surface area contributed by atoms with E-state index in [1.54, 1.807) is 23.4 Å². The molecule has 9 heteroatoms. The van der Waals surface area contributed by atoms with E-state index in [0.29, 0.717) is 12.2 Å². The molecule has 0 aliphatic carbocycles. The number of alkyl halides is 2. The van der Waals surface area contributed by atoms with Crippen molar-refractivity contribution in [2.75, 3.05) is 6.54 Å². The fourth-order valence-corrected chi connectivity index (χ4v) is 2.90. The van der Waals surface area contributed by atoms with Crippen molar-refractivity contribution in [3.8, 4) is 11.6 Å². The summed E-state index contributed by atoms with van der Waals surface area (Å²) < 4.78 is 33.6. The van der Waals surface area contributed by atoms with Gasteiger partial charge in [0.2, 0.25) is 5.89 Å². The van der Waals surface area contributed by atoms with Crippen molar-refractivity contribution in [3.63, 3.8) is 0 Å². The first-order valence-electron chi connectivity index (χ1n) is 7.71. The Kier molecular flexibility index (Phi) is 3.92. The zero-order valence-corrected chi connectivity index (χ0v) is 13.1. The van der Waals surface area contributed by atoms with Crippen LogP contribution >= 0.6 is 0 Å². The standard InChI is InChI=1S/C16H14F2N6O/c17-16(18)6-13(24(10-16)9-11-2-1-3-19-7-11)15-23-22-14(25-15)12-8-20-4-5-21-12/h1-5,7-8,13H,6,9-10H2/t13-/m0/s1. The minimum atomic E-state index is -2.81. The molecular weight excluding hydrogens is 330 g/mol. The number of halogens is 2. The van der Waals surface area contributed by atoms with E-state index < -0.39 is 12.0 Å². The van der Waals surface area contributed by atoms with Gasteiger partial charge in [-0.2, -0.15) is 0 Å². The fourth-order valence-electron chi connectivity index (χ4n) is 2.90. The Labute approximate surface area is 141 Å². The van der Waals surface area contributed by atoms with E-state index in [2.05, 4.69) is 25.1 Å². The molecule has 1 aliphatic rings. The fraction of sp³-hybridized carbons (Fsp3) is 0.312. The first kappa shape index (κ1) is 15.7. The summed E-state index contributed by atoms with van der Waals surface area (Å²) in [7, 11) is 0. The zero-order chi connectivity index (χ0) is 17.3. The van der Waals surface area contributed by atoms with Crippen LogP contribution in [0.5, 0.6) is 0 Å². The molecule has 0 radical (unpaired) electrons. The lowest BCUT2D eigenvalue weighted by Crippen LogP contribution is -2.26. The van der Waals surface area contributed by atoms with Gasteiger partial charge in [0.05, 0.1) is 18.8 Å². The lowest BCUT2D eigenvalue weighted by molar-refractivity contribution is 0.0112. The van der Waals surface area contributed by atoms with Gasteiger partial charge in [-0.15, -0.1) is 10.2 Å². The second-order valence-corrected chi connectivity index (χ2v) is 5.88. The van der Waals surface area contributed by atoms with Crippen molar-refractivity contribution in [1.29, 1.82) is 0 Å². The van der Waals surface area contributed by atoms with Crippen LogP contribution < -0.4 is 0 Å². The highest BCUT2D eigenvalue weighted by molar-refractivity contribution is 5.43. The third kappa shape index (κ3) is 3.36. The lowest BCUT2D eigenvalue weighted by atomic mass is 10.2. The molecule has 0 spiro atoms. The quantitative estimate of drug-likeness (QED) is 0.719. The van der Waals surface area contributed by atoms with Crippen LogP contribution in [0.2, 0.25) is 0 Å². The average molecular weight is 344 g/mol. The van der Waals surface area contributed by atoms with E-state index in [-0.39, 0.29) is 24.7 Å². The Hall–Kier alpha value is -2.81. The maximum absolute atomic E-state index is 14.0. The monoisotopic (exact) mass is 344 g/mol. The van der Waals surface area contributed by atoms with Crippen molar-refractivity contribution in [3.05, 3.63) is 54.6 Å². The van der Waals surface area contributed by atoms with Gasteiger partial charge in [0.25, 0.3) is 11.8 Å². The molecule has 0 aromatic carbocycles. The van der Waals surface area contributed by atoms with Crippen LogP contribution in [0, 0.1) is 0 Å². The molecule has 0 amide bonds. The summed E-state index contributed by atoms with van der Waals surface area (Å²) in [4.78, 5) is 13.7. The van der Waals surface area contributed by atoms with Gasteiger partial charge in [-0.25, -0.2) is 13.8 Å². The number of nitrogens with zero attached hydrogens (tertiary/aromatic N) is 6. The first-order chi connectivity index (χ1) is 12.1. The van der Waals surface area contributed by atoms with Crippen LogP contribution in [0.1, 0.15) is 23.9 Å². The zero-order valence-electron chi connectivity index (χ0n) is 13.1. The van der Waals surface area contributed by atoms with Gasteiger partial charge in [0, 0.05) is 37.8 Å². The van der Waals surface area contributed by atoms with Crippen molar-refractivity contribution in [2.24, 2.45) is 0 Å². The largest absolute Gasteiger partial charge is 0.417 e. The Morgan fingerprint density at radius 1 is 1.16 bits per heavy atom. The molecule has 1 atom stereocenters. The first-order valence-corrected chi connectivity index (χ1v) is 7.71. The molecule has 25 heavy (non-hydrogen) atoms. The number of rotatable bonds is 4. The highest BCUT2D eigenvalue weighted by atomic mass is 19.3. The molecule has 0 unspecified atom stereocenters. The molecule has 1 fully saturated rings. The molecular formula is C16H14F2N6O. The Balaban J connectivity index is 1.60. The van der Waals surface area contributed by atoms with Crippen LogP contribution in [0.25, 0.3) is 11.6 Å². The van der Waals surface area contributed by atoms with E-state index >= 15 is 0 Å². The summed E-state index contributed by atoms with van der Waals surface area (Å²) >= 11 is 0. The van der Waals surface area contributed by atoms with E-state index in [0.717, 1.165) is 5.56 Å². The topological polar surface area (TPSA) is 80.8 Å². The lowest BCUT2D eigenvalue weighted by Gasteiger charge is -2.20. The number of hydrogen-bond donors (Lipinski definition) is 0. The normalized spacial score (nSPS) is 20.0. The minimum absolute atomic E-state index is 0.154. The molecule has 7 nitrogen and oxygen atoms in total. The van der Waals surface area contributed by atoms with Crippen LogP contribution in [0.15, 0.2) is 47.5 Å². The highest BCUT2D eigenvalue weighted by Crippen LogP contribution is 2.41. The summed E-state index contributed by atoms with van der Waals surface area (Å²) in [5.74, 6) is -2.49. The average Bonchev–Trinajstić information content (AvgIpc) is 3.21. The van der Waals surface area contributed by atoms with Crippen molar-refractivity contribution < 1.29 is 13.2 Å². The predicted molar refractivity (Wildman–Crippen MR) is 82.3 cm³/mol. The van der Waals surface area contributed by atoms with Gasteiger partial charge >= 0.3 is 0 Å². The third-order valence-corrected chi connectivity index (χ3v) is 3.98. The van der Waals surface area contributed by atoms with Crippen molar-refractivity contribution in [1.82, 2.24) is 30.0 Å². The van der Waals surface area contributed by atoms with E-state index in [9.17, 15) is 8.78 Å². The molecule has 1 aliphatic heterocycles. The van der Waals surface area contributed by atoms with Crippen LogP contribution in [0.4, 0.5) is 8.78 Å². The highest BCUT2D eigenvalue weighted by Gasteiger charge is 2.47. The Morgan fingerprint density at radius 2 is 2.04 bits per heavy atom. The van der Waals surface area contributed by atoms with Gasteiger partial charge in [0.1, 0.15) is 5.69 Å². The number of hydrogen-bond acceptors (Lipinski definition) is 7. The van der Waals surface area contributed by atoms with Crippen molar-refractivity contribution >= 4 is 0 Å². The number of pyridine rings is 1. The van der Waals surface area contributed by atoms with E-state index in [1.807, 2.05) is 6.07 Å². The molecule has 1 saturated heterocycles. The Bertz CT molecular complexity index is 842. The van der Waals surface area contributed by atoms with Gasteiger partial charge < -0.3 is 4.42 Å². The second kappa shape index (κ2) is 6.25. The maximum atomic E-state index is 14.0. The number of aromatic nitrogens is 5. The number of likely N-dealkylation sites (tertiary alicyclic amines) is 1. The van der Waals surface area contributed by atoms with Crippen LogP contribution in [0.3, 0.4) is 0 Å². The second-order valence-electron chi connectivity index (χ2n) is 5.88. The summed E-state index contributed by atoms with van der Waals surface area (Å²) in [6.07, 6.45) is 7.44. The molecule has 3 aromatic rings. The van der Waals surface area contributed by atoms with Gasteiger partial charge in [-0.1, -0.05) is 6.07 Å². The molecule has 0 N–H and O–H groups in total. The van der Waals surface area contributed by atoms with E-state index in [4.69, 9.17) is 4.42 Å². The van der Waals surface area contributed by atoms with Gasteiger partial charge in [-0.05, 0) is 11.6 Å². The van der Waals surface area contributed by atoms with Crippen LogP contribution in [-0.2, 0) is 6.54 Å². The van der Waals surface area contributed by atoms with Crippen molar-refractivity contribution in [2.45, 2.75) is 24.9 Å². The third-order valence-electron chi connectivity index (χ3n) is 3.98. The summed E-state index contributed by atoms with van der Waals surface area (Å²) in [6.45, 7) is -0.0353. The van der Waals surface area contributed by atoms with Gasteiger partial charge in [-0.3, -0.25) is 14.9 Å². The summed E-state index contributed by atoms with van der Waals surface area (Å²) in [6, 6.07) is 2.96. The smallest absolute Gasteiger partial charge is 0.267 e. The maximum Gasteiger partial charge on any atom is 0.267 e. The molecule has 4 heterocycles. The molecule has 0 saturated carbocycles. The Morgan fingerprint density at radius 3 is 2.80 bits per heavy atom. The molecule has 0 bridgehead atoms. The van der Waals surface area contributed by atoms with Gasteiger partial charge in [0.15, 0.2) is 0 Å². The molecule has 128 valence electrons.